The smallest absolute Gasteiger partial charge is 0.311 e. The van der Waals surface area contributed by atoms with Crippen LogP contribution in [0.4, 0.5) is 0 Å². The van der Waals surface area contributed by atoms with Crippen molar-refractivity contribution in [2.24, 2.45) is 0 Å². The third kappa shape index (κ3) is 3.93. The molecule has 0 aliphatic carbocycles. The molecule has 3 heterocycles. The molecule has 1 aliphatic rings. The largest absolute Gasteiger partial charge is 0.479 e. The van der Waals surface area contributed by atoms with Gasteiger partial charge < -0.3 is 18.7 Å². The molecule has 0 saturated carbocycles. The van der Waals surface area contributed by atoms with E-state index in [1.807, 2.05) is 6.07 Å². The Labute approximate surface area is 172 Å². The van der Waals surface area contributed by atoms with Crippen LogP contribution in [-0.2, 0) is 11.2 Å². The molecule has 0 unspecified atom stereocenters. The average molecular weight is 406 g/mol. The Bertz CT molecular complexity index is 1130. The number of ether oxygens (including phenoxy) is 3. The van der Waals surface area contributed by atoms with Gasteiger partial charge in [-0.1, -0.05) is 6.07 Å². The SMILES string of the molecule is COc1cc(CCC(=O)Oc2ccc3c(c2C)O/C(=C\c2ccccn2)C3=O)on1. The highest BCUT2D eigenvalue weighted by Crippen LogP contribution is 2.39. The van der Waals surface area contributed by atoms with E-state index in [1.54, 1.807) is 49.5 Å². The van der Waals surface area contributed by atoms with Crippen LogP contribution in [0, 0.1) is 6.92 Å². The predicted octanol–water partition coefficient (Wildman–Crippen LogP) is 3.54. The fraction of sp³-hybridized carbons (Fsp3) is 0.182. The van der Waals surface area contributed by atoms with E-state index in [2.05, 4.69) is 10.1 Å². The number of methoxy groups -OCH3 is 1. The van der Waals surface area contributed by atoms with Gasteiger partial charge in [0.2, 0.25) is 5.78 Å². The molecule has 2 aromatic heterocycles. The average Bonchev–Trinajstić information content (AvgIpc) is 3.35. The zero-order valence-electron chi connectivity index (χ0n) is 16.4. The van der Waals surface area contributed by atoms with Gasteiger partial charge in [0, 0.05) is 30.3 Å². The minimum Gasteiger partial charge on any atom is -0.479 e. The first-order valence-corrected chi connectivity index (χ1v) is 9.24. The molecule has 0 amide bonds. The van der Waals surface area contributed by atoms with E-state index < -0.39 is 5.97 Å². The number of esters is 1. The molecule has 8 nitrogen and oxygen atoms in total. The normalized spacial score (nSPS) is 13.8. The Hall–Kier alpha value is -3.94. The summed E-state index contributed by atoms with van der Waals surface area (Å²) in [5, 5.41) is 3.69. The van der Waals surface area contributed by atoms with Crippen molar-refractivity contribution in [1.29, 1.82) is 0 Å². The number of hydrogen-bond donors (Lipinski definition) is 0. The van der Waals surface area contributed by atoms with Gasteiger partial charge in [-0.2, -0.15) is 0 Å². The van der Waals surface area contributed by atoms with E-state index in [1.165, 1.54) is 7.11 Å². The second-order valence-electron chi connectivity index (χ2n) is 6.57. The standard InChI is InChI=1S/C22H18N2O6/c1-13-17(28-20(25)9-6-15-12-19(27-2)24-30-15)8-7-16-21(26)18(29-22(13)16)11-14-5-3-4-10-23-14/h3-5,7-8,10-12H,6,9H2,1-2H3/b18-11-. The van der Waals surface area contributed by atoms with Gasteiger partial charge in [0.05, 0.1) is 24.8 Å². The van der Waals surface area contributed by atoms with Gasteiger partial charge in [0.25, 0.3) is 5.88 Å². The number of carbonyl (C=O) groups is 2. The molecule has 0 saturated heterocycles. The Morgan fingerprint density at radius 1 is 1.23 bits per heavy atom. The van der Waals surface area contributed by atoms with Gasteiger partial charge in [-0.25, -0.2) is 0 Å². The highest BCUT2D eigenvalue weighted by atomic mass is 16.5. The first-order chi connectivity index (χ1) is 14.5. The summed E-state index contributed by atoms with van der Waals surface area (Å²) in [5.41, 5.74) is 1.60. The van der Waals surface area contributed by atoms with Crippen LogP contribution in [0.5, 0.6) is 17.4 Å². The molecule has 3 aromatic rings. The van der Waals surface area contributed by atoms with Crippen molar-refractivity contribution in [1.82, 2.24) is 10.1 Å². The summed E-state index contributed by atoms with van der Waals surface area (Å²) < 4.78 is 21.2. The number of benzene rings is 1. The number of hydrogen-bond acceptors (Lipinski definition) is 8. The molecular formula is C22H18N2O6. The Balaban J connectivity index is 1.46. The second-order valence-corrected chi connectivity index (χ2v) is 6.57. The molecule has 152 valence electrons. The van der Waals surface area contributed by atoms with Crippen LogP contribution in [0.25, 0.3) is 6.08 Å². The van der Waals surface area contributed by atoms with E-state index in [9.17, 15) is 9.59 Å². The van der Waals surface area contributed by atoms with Gasteiger partial charge in [-0.15, -0.1) is 0 Å². The van der Waals surface area contributed by atoms with Gasteiger partial charge in [-0.3, -0.25) is 14.6 Å². The summed E-state index contributed by atoms with van der Waals surface area (Å²) in [5.74, 6) is 1.08. The molecule has 0 spiro atoms. The number of ketones is 1. The van der Waals surface area contributed by atoms with Crippen LogP contribution in [0.15, 0.2) is 52.9 Å². The van der Waals surface area contributed by atoms with Crippen LogP contribution >= 0.6 is 0 Å². The monoisotopic (exact) mass is 406 g/mol. The lowest BCUT2D eigenvalue weighted by Gasteiger charge is -2.09. The number of pyridine rings is 1. The van der Waals surface area contributed by atoms with Crippen molar-refractivity contribution < 1.29 is 28.3 Å². The van der Waals surface area contributed by atoms with Crippen LogP contribution in [0.1, 0.15) is 33.8 Å². The predicted molar refractivity (Wildman–Crippen MR) is 105 cm³/mol. The van der Waals surface area contributed by atoms with E-state index in [4.69, 9.17) is 18.7 Å². The number of fused-ring (bicyclic) bond motifs is 1. The second kappa shape index (κ2) is 8.20. The molecule has 4 rings (SSSR count). The maximum atomic E-state index is 12.6. The topological polar surface area (TPSA) is 101 Å². The van der Waals surface area contributed by atoms with Crippen molar-refractivity contribution in [3.8, 4) is 17.4 Å². The van der Waals surface area contributed by atoms with Gasteiger partial charge in [-0.05, 0) is 36.3 Å². The molecule has 0 bridgehead atoms. The Morgan fingerprint density at radius 3 is 2.83 bits per heavy atom. The fourth-order valence-corrected chi connectivity index (χ4v) is 2.98. The zero-order chi connectivity index (χ0) is 21.1. The number of carbonyl (C=O) groups excluding carboxylic acids is 2. The molecule has 0 radical (unpaired) electrons. The minimum atomic E-state index is -0.443. The van der Waals surface area contributed by atoms with Crippen molar-refractivity contribution in [2.75, 3.05) is 7.11 Å². The number of allylic oxidation sites excluding steroid dienone is 1. The van der Waals surface area contributed by atoms with Crippen molar-refractivity contribution >= 4 is 17.8 Å². The zero-order valence-corrected chi connectivity index (χ0v) is 16.4. The lowest BCUT2D eigenvalue weighted by molar-refractivity contribution is -0.134. The summed E-state index contributed by atoms with van der Waals surface area (Å²) in [6, 6.07) is 10.2. The molecule has 1 aromatic carbocycles. The fourth-order valence-electron chi connectivity index (χ4n) is 2.98. The van der Waals surface area contributed by atoms with E-state index >= 15 is 0 Å². The van der Waals surface area contributed by atoms with E-state index in [0.717, 1.165) is 0 Å². The molecule has 1 aliphatic heterocycles. The summed E-state index contributed by atoms with van der Waals surface area (Å²) in [4.78, 5) is 29.0. The molecule has 8 heteroatoms. The molecule has 0 N–H and O–H groups in total. The first kappa shape index (κ1) is 19.4. The number of aromatic nitrogens is 2. The molecular weight excluding hydrogens is 388 g/mol. The third-order valence-electron chi connectivity index (χ3n) is 4.55. The molecule has 30 heavy (non-hydrogen) atoms. The third-order valence-corrected chi connectivity index (χ3v) is 4.55. The van der Waals surface area contributed by atoms with Gasteiger partial charge >= 0.3 is 5.97 Å². The molecule has 0 atom stereocenters. The van der Waals surface area contributed by atoms with Crippen molar-refractivity contribution in [2.45, 2.75) is 19.8 Å². The minimum absolute atomic E-state index is 0.0967. The summed E-state index contributed by atoms with van der Waals surface area (Å²) >= 11 is 0. The number of rotatable bonds is 6. The van der Waals surface area contributed by atoms with E-state index in [-0.39, 0.29) is 18.0 Å². The Kier molecular flexibility index (Phi) is 5.30. The van der Waals surface area contributed by atoms with Crippen molar-refractivity contribution in [3.63, 3.8) is 0 Å². The maximum Gasteiger partial charge on any atom is 0.311 e. The van der Waals surface area contributed by atoms with Crippen LogP contribution < -0.4 is 14.2 Å². The summed E-state index contributed by atoms with van der Waals surface area (Å²) in [7, 11) is 1.48. The van der Waals surface area contributed by atoms with E-state index in [0.29, 0.717) is 46.4 Å². The highest BCUT2D eigenvalue weighted by Gasteiger charge is 2.30. The molecule has 0 fully saturated rings. The summed E-state index contributed by atoms with van der Waals surface area (Å²) in [6.45, 7) is 1.74. The lowest BCUT2D eigenvalue weighted by Crippen LogP contribution is -2.10. The number of nitrogens with zero attached hydrogens (tertiary/aromatic N) is 2. The van der Waals surface area contributed by atoms with Crippen LogP contribution in [0.3, 0.4) is 0 Å². The number of Topliss-reactive ketones (excluding diaryl/α,β-unsaturated/α-hetero) is 1. The van der Waals surface area contributed by atoms with Gasteiger partial charge in [0.15, 0.2) is 5.76 Å². The maximum absolute atomic E-state index is 12.6. The summed E-state index contributed by atoms with van der Waals surface area (Å²) in [6.07, 6.45) is 3.64. The van der Waals surface area contributed by atoms with Crippen molar-refractivity contribution in [3.05, 3.63) is 70.9 Å². The number of aryl methyl sites for hydroxylation is 1. The Morgan fingerprint density at radius 2 is 2.10 bits per heavy atom. The van der Waals surface area contributed by atoms with Gasteiger partial charge in [0.1, 0.15) is 17.3 Å². The quantitative estimate of drug-likeness (QED) is 0.348. The first-order valence-electron chi connectivity index (χ1n) is 9.24. The van der Waals surface area contributed by atoms with Crippen LogP contribution in [-0.4, -0.2) is 29.0 Å². The lowest BCUT2D eigenvalue weighted by atomic mass is 10.1. The van der Waals surface area contributed by atoms with Crippen LogP contribution in [0.2, 0.25) is 0 Å². The highest BCUT2D eigenvalue weighted by molar-refractivity contribution is 6.14.